The molecule has 1 aliphatic heterocycles. The van der Waals surface area contributed by atoms with Crippen LogP contribution >= 0.6 is 23.2 Å². The summed E-state index contributed by atoms with van der Waals surface area (Å²) in [5.41, 5.74) is -0.988. The topological polar surface area (TPSA) is 63.7 Å². The Morgan fingerprint density at radius 1 is 0.879 bits per heavy atom. The molecule has 3 aromatic carbocycles. The van der Waals surface area contributed by atoms with E-state index in [-0.39, 0.29) is 28.3 Å². The van der Waals surface area contributed by atoms with Crippen LogP contribution < -0.4 is 4.90 Å². The molecule has 4 rings (SSSR count). The molecule has 10 heteroatoms. The zero-order valence-corrected chi connectivity index (χ0v) is 18.0. The molecule has 1 heterocycles. The molecule has 0 saturated heterocycles. The van der Waals surface area contributed by atoms with Crippen LogP contribution in [0.25, 0.3) is 0 Å². The van der Waals surface area contributed by atoms with Gasteiger partial charge in [-0.15, -0.1) is 0 Å². The second kappa shape index (κ2) is 8.53. The Balaban J connectivity index is 1.60. The highest BCUT2D eigenvalue weighted by Crippen LogP contribution is 2.38. The highest BCUT2D eigenvalue weighted by atomic mass is 35.5. The summed E-state index contributed by atoms with van der Waals surface area (Å²) in [7, 11) is 0. The molecule has 0 fully saturated rings. The van der Waals surface area contributed by atoms with Crippen LogP contribution in [-0.2, 0) is 17.5 Å². The van der Waals surface area contributed by atoms with Crippen LogP contribution in [0.15, 0.2) is 60.7 Å². The number of imide groups is 1. The number of rotatable bonds is 4. The van der Waals surface area contributed by atoms with Crippen LogP contribution in [0.4, 0.5) is 18.9 Å². The van der Waals surface area contributed by atoms with E-state index in [1.807, 2.05) is 0 Å². The van der Waals surface area contributed by atoms with Gasteiger partial charge in [0, 0.05) is 5.02 Å². The second-order valence-corrected chi connectivity index (χ2v) is 7.92. The van der Waals surface area contributed by atoms with Crippen molar-refractivity contribution in [1.82, 2.24) is 0 Å². The molecule has 33 heavy (non-hydrogen) atoms. The smallest absolute Gasteiger partial charge is 0.416 e. The maximum atomic E-state index is 13.1. The SMILES string of the molecule is O=C(OCc1ccc(Cl)cc1)c1ccc2c(c1)C(=O)N(c1cc(C(F)(F)F)ccc1Cl)C2=O. The minimum Gasteiger partial charge on any atom is -0.457 e. The molecule has 0 unspecified atom stereocenters. The molecule has 0 N–H and O–H groups in total. The van der Waals surface area contributed by atoms with Gasteiger partial charge >= 0.3 is 12.1 Å². The third-order valence-electron chi connectivity index (χ3n) is 4.92. The summed E-state index contributed by atoms with van der Waals surface area (Å²) in [6.07, 6.45) is -4.70. The Labute approximate surface area is 195 Å². The molecular formula is C23H12Cl2F3NO4. The van der Waals surface area contributed by atoms with Gasteiger partial charge in [-0.25, -0.2) is 9.69 Å². The van der Waals surface area contributed by atoms with Crippen molar-refractivity contribution in [3.05, 3.63) is 98.5 Å². The number of hydrogen-bond donors (Lipinski definition) is 0. The van der Waals surface area contributed by atoms with E-state index in [4.69, 9.17) is 27.9 Å². The van der Waals surface area contributed by atoms with E-state index in [0.717, 1.165) is 12.1 Å². The summed E-state index contributed by atoms with van der Waals surface area (Å²) in [6.45, 7) is -0.0497. The lowest BCUT2D eigenvalue weighted by molar-refractivity contribution is -0.137. The first-order valence-electron chi connectivity index (χ1n) is 9.37. The maximum absolute atomic E-state index is 13.1. The van der Waals surface area contributed by atoms with E-state index in [0.29, 0.717) is 21.6 Å². The minimum atomic E-state index is -4.70. The summed E-state index contributed by atoms with van der Waals surface area (Å²) in [6, 6.07) is 12.7. The van der Waals surface area contributed by atoms with E-state index in [2.05, 4.69) is 0 Å². The van der Waals surface area contributed by atoms with Gasteiger partial charge < -0.3 is 4.74 Å². The van der Waals surface area contributed by atoms with Gasteiger partial charge in [-0.1, -0.05) is 35.3 Å². The number of ether oxygens (including phenoxy) is 1. The number of carbonyl (C=O) groups excluding carboxylic acids is 3. The molecule has 1 aliphatic rings. The third kappa shape index (κ3) is 4.44. The number of fused-ring (bicyclic) bond motifs is 1. The zero-order valence-electron chi connectivity index (χ0n) is 16.5. The monoisotopic (exact) mass is 493 g/mol. The van der Waals surface area contributed by atoms with Crippen LogP contribution in [0.5, 0.6) is 0 Å². The Morgan fingerprint density at radius 2 is 1.55 bits per heavy atom. The van der Waals surface area contributed by atoms with Crippen LogP contribution in [-0.4, -0.2) is 17.8 Å². The molecule has 3 aromatic rings. The first-order chi connectivity index (χ1) is 15.6. The van der Waals surface area contributed by atoms with Crippen molar-refractivity contribution in [1.29, 1.82) is 0 Å². The Hall–Kier alpha value is -3.36. The van der Waals surface area contributed by atoms with Crippen LogP contribution in [0.2, 0.25) is 10.0 Å². The minimum absolute atomic E-state index is 0.000790. The van der Waals surface area contributed by atoms with Gasteiger partial charge in [0.2, 0.25) is 0 Å². The van der Waals surface area contributed by atoms with Crippen molar-refractivity contribution < 1.29 is 32.3 Å². The number of halogens is 5. The van der Waals surface area contributed by atoms with Crippen molar-refractivity contribution in [2.45, 2.75) is 12.8 Å². The molecule has 0 atom stereocenters. The van der Waals surface area contributed by atoms with Crippen molar-refractivity contribution in [2.75, 3.05) is 4.90 Å². The molecular weight excluding hydrogens is 482 g/mol. The number of esters is 1. The lowest BCUT2D eigenvalue weighted by Crippen LogP contribution is -2.30. The van der Waals surface area contributed by atoms with Gasteiger partial charge in [0.25, 0.3) is 11.8 Å². The molecule has 0 bridgehead atoms. The number of nitrogens with zero attached hydrogens (tertiary/aromatic N) is 1. The van der Waals surface area contributed by atoms with Crippen molar-refractivity contribution in [3.8, 4) is 0 Å². The zero-order chi connectivity index (χ0) is 23.9. The van der Waals surface area contributed by atoms with Crippen LogP contribution in [0.3, 0.4) is 0 Å². The maximum Gasteiger partial charge on any atom is 0.416 e. The molecule has 168 valence electrons. The number of hydrogen-bond acceptors (Lipinski definition) is 4. The highest BCUT2D eigenvalue weighted by molar-refractivity contribution is 6.40. The largest absolute Gasteiger partial charge is 0.457 e. The fourth-order valence-electron chi connectivity index (χ4n) is 3.26. The third-order valence-corrected chi connectivity index (χ3v) is 5.49. The van der Waals surface area contributed by atoms with Gasteiger partial charge in [-0.2, -0.15) is 13.2 Å². The number of alkyl halides is 3. The predicted octanol–water partition coefficient (Wildman–Crippen LogP) is 6.17. The molecule has 0 spiro atoms. The molecule has 0 saturated carbocycles. The lowest BCUT2D eigenvalue weighted by atomic mass is 10.1. The number of carbonyl (C=O) groups is 3. The van der Waals surface area contributed by atoms with E-state index in [1.165, 1.54) is 18.2 Å². The van der Waals surface area contributed by atoms with E-state index in [9.17, 15) is 27.6 Å². The summed E-state index contributed by atoms with van der Waals surface area (Å²) in [5, 5.41) is 0.317. The molecule has 5 nitrogen and oxygen atoms in total. The summed E-state index contributed by atoms with van der Waals surface area (Å²) >= 11 is 11.8. The molecule has 2 amide bonds. The van der Waals surface area contributed by atoms with Crippen molar-refractivity contribution in [2.24, 2.45) is 0 Å². The van der Waals surface area contributed by atoms with Gasteiger partial charge in [-0.05, 0) is 54.1 Å². The van der Waals surface area contributed by atoms with E-state index in [1.54, 1.807) is 24.3 Å². The van der Waals surface area contributed by atoms with Gasteiger partial charge in [0.05, 0.1) is 33.0 Å². The summed E-state index contributed by atoms with van der Waals surface area (Å²) < 4.78 is 44.6. The van der Waals surface area contributed by atoms with Gasteiger partial charge in [-0.3, -0.25) is 9.59 Å². The quantitative estimate of drug-likeness (QED) is 0.322. The normalized spacial score (nSPS) is 13.3. The van der Waals surface area contributed by atoms with Crippen LogP contribution in [0.1, 0.15) is 42.2 Å². The fourth-order valence-corrected chi connectivity index (χ4v) is 3.59. The summed E-state index contributed by atoms with van der Waals surface area (Å²) in [5.74, 6) is -2.50. The Bertz CT molecular complexity index is 1290. The molecule has 0 aliphatic carbocycles. The van der Waals surface area contributed by atoms with Crippen molar-refractivity contribution in [3.63, 3.8) is 0 Å². The van der Waals surface area contributed by atoms with Crippen LogP contribution in [0, 0.1) is 0 Å². The van der Waals surface area contributed by atoms with Crippen molar-refractivity contribution >= 4 is 46.7 Å². The van der Waals surface area contributed by atoms with Gasteiger partial charge in [0.1, 0.15) is 6.61 Å². The Kier molecular flexibility index (Phi) is 5.90. The van der Waals surface area contributed by atoms with E-state index < -0.39 is 35.2 Å². The summed E-state index contributed by atoms with van der Waals surface area (Å²) in [4.78, 5) is 38.7. The number of anilines is 1. The molecule has 0 radical (unpaired) electrons. The first kappa shape index (κ1) is 22.8. The molecule has 0 aromatic heterocycles. The number of benzene rings is 3. The fraction of sp³-hybridized carbons (Fsp3) is 0.0870. The standard InChI is InChI=1S/C23H12Cl2F3NO4/c24-15-5-1-12(2-6-15)11-33-22(32)13-3-7-16-17(9-13)21(31)29(20(16)30)19-10-14(23(26,27)28)4-8-18(19)25/h1-10H,11H2. The predicted molar refractivity (Wildman–Crippen MR) is 115 cm³/mol. The van der Waals surface area contributed by atoms with Gasteiger partial charge in [0.15, 0.2) is 0 Å². The average molecular weight is 494 g/mol. The average Bonchev–Trinajstić information content (AvgIpc) is 3.02. The first-order valence-corrected chi connectivity index (χ1v) is 10.1. The van der Waals surface area contributed by atoms with E-state index >= 15 is 0 Å². The lowest BCUT2D eigenvalue weighted by Gasteiger charge is -2.17. The highest BCUT2D eigenvalue weighted by Gasteiger charge is 2.40. The Morgan fingerprint density at radius 3 is 2.21 bits per heavy atom. The number of amides is 2. The second-order valence-electron chi connectivity index (χ2n) is 7.07.